The van der Waals surface area contributed by atoms with Crippen LogP contribution in [0.5, 0.6) is 17.2 Å². The van der Waals surface area contributed by atoms with Crippen LogP contribution in [0.25, 0.3) is 0 Å². The maximum atomic E-state index is 11.8. The van der Waals surface area contributed by atoms with Crippen molar-refractivity contribution in [2.75, 3.05) is 20.0 Å². The molecule has 0 aromatic heterocycles. The number of ether oxygens (including phenoxy) is 3. The van der Waals surface area contributed by atoms with Crippen LogP contribution in [0.1, 0.15) is 18.1 Å². The number of amides is 1. The summed E-state index contributed by atoms with van der Waals surface area (Å²) in [4.78, 5) is 16.8. The summed E-state index contributed by atoms with van der Waals surface area (Å²) in [5, 5.41) is 6.56. The van der Waals surface area contributed by atoms with E-state index >= 15 is 0 Å². The fourth-order valence-electron chi connectivity index (χ4n) is 2.31. The Kier molecular flexibility index (Phi) is 5.92. The molecule has 3 rings (SSSR count). The van der Waals surface area contributed by atoms with Gasteiger partial charge in [0.05, 0.1) is 12.8 Å². The summed E-state index contributed by atoms with van der Waals surface area (Å²) in [5.74, 6) is 1.94. The predicted molar refractivity (Wildman–Crippen MR) is 95.6 cm³/mol. The van der Waals surface area contributed by atoms with Crippen LogP contribution in [0.3, 0.4) is 0 Å². The van der Waals surface area contributed by atoms with Gasteiger partial charge in [-0.25, -0.2) is 0 Å². The number of hydrogen-bond acceptors (Lipinski definition) is 6. The quantitative estimate of drug-likeness (QED) is 0.581. The Morgan fingerprint density at radius 2 is 2.00 bits per heavy atom. The normalized spacial score (nSPS) is 12.2. The van der Waals surface area contributed by atoms with Gasteiger partial charge in [0, 0.05) is 6.54 Å². The average Bonchev–Trinajstić information content (AvgIpc) is 3.13. The second kappa shape index (κ2) is 8.75. The average molecular weight is 356 g/mol. The Morgan fingerprint density at radius 1 is 1.19 bits per heavy atom. The first kappa shape index (κ1) is 17.6. The third-order valence-corrected chi connectivity index (χ3v) is 3.59. The first-order valence-corrected chi connectivity index (χ1v) is 8.28. The molecule has 1 N–H and O–H groups in total. The minimum atomic E-state index is -0.258. The molecule has 0 unspecified atom stereocenters. The molecule has 0 spiro atoms. The van der Waals surface area contributed by atoms with Crippen LogP contribution in [0.2, 0.25) is 0 Å². The monoisotopic (exact) mass is 356 g/mol. The summed E-state index contributed by atoms with van der Waals surface area (Å²) in [6, 6.07) is 13.0. The standard InChI is InChI=1S/C19H20N2O5/c1-2-23-16-6-3-14(4-7-16)11-21-26-12-19(22)20-10-15-5-8-17-18(9-15)25-13-24-17/h3-9,11H,2,10,12-13H2,1H3,(H,20,22)/b21-11+. The smallest absolute Gasteiger partial charge is 0.261 e. The molecule has 1 aliphatic rings. The van der Waals surface area contributed by atoms with Gasteiger partial charge in [-0.3, -0.25) is 4.79 Å². The molecule has 1 amide bonds. The Balaban J connectivity index is 1.38. The lowest BCUT2D eigenvalue weighted by molar-refractivity contribution is -0.125. The number of nitrogens with one attached hydrogen (secondary N) is 1. The number of nitrogens with zero attached hydrogens (tertiary/aromatic N) is 1. The maximum Gasteiger partial charge on any atom is 0.261 e. The number of carbonyl (C=O) groups is 1. The van der Waals surface area contributed by atoms with Crippen molar-refractivity contribution in [3.8, 4) is 17.2 Å². The fourth-order valence-corrected chi connectivity index (χ4v) is 2.31. The maximum absolute atomic E-state index is 11.8. The van der Waals surface area contributed by atoms with E-state index in [2.05, 4.69) is 10.5 Å². The Labute approximate surface area is 151 Å². The van der Waals surface area contributed by atoms with E-state index in [0.717, 1.165) is 16.9 Å². The van der Waals surface area contributed by atoms with Gasteiger partial charge in [-0.05, 0) is 54.4 Å². The molecule has 7 nitrogen and oxygen atoms in total. The van der Waals surface area contributed by atoms with Gasteiger partial charge in [0.25, 0.3) is 5.91 Å². The molecule has 1 aliphatic heterocycles. The zero-order chi connectivity index (χ0) is 18.2. The molecule has 0 bridgehead atoms. The van der Waals surface area contributed by atoms with E-state index in [1.54, 1.807) is 6.21 Å². The van der Waals surface area contributed by atoms with Gasteiger partial charge in [-0.2, -0.15) is 0 Å². The Bertz CT molecular complexity index is 774. The van der Waals surface area contributed by atoms with Gasteiger partial charge in [0.15, 0.2) is 18.1 Å². The second-order valence-electron chi connectivity index (χ2n) is 5.47. The lowest BCUT2D eigenvalue weighted by Gasteiger charge is -2.05. The van der Waals surface area contributed by atoms with Crippen molar-refractivity contribution in [3.05, 3.63) is 53.6 Å². The lowest BCUT2D eigenvalue weighted by Crippen LogP contribution is -2.26. The van der Waals surface area contributed by atoms with Crippen molar-refractivity contribution in [3.63, 3.8) is 0 Å². The number of oxime groups is 1. The van der Waals surface area contributed by atoms with Crippen LogP contribution in [-0.2, 0) is 16.2 Å². The van der Waals surface area contributed by atoms with Crippen molar-refractivity contribution in [2.24, 2.45) is 5.16 Å². The SMILES string of the molecule is CCOc1ccc(/C=N/OCC(=O)NCc2ccc3c(c2)OCO3)cc1. The van der Waals surface area contributed by atoms with E-state index in [1.165, 1.54) is 0 Å². The first-order chi connectivity index (χ1) is 12.7. The first-order valence-electron chi connectivity index (χ1n) is 8.28. The number of hydrogen-bond donors (Lipinski definition) is 1. The minimum Gasteiger partial charge on any atom is -0.494 e. The van der Waals surface area contributed by atoms with Crippen LogP contribution in [-0.4, -0.2) is 32.1 Å². The summed E-state index contributed by atoms with van der Waals surface area (Å²) in [6.07, 6.45) is 1.54. The molecular formula is C19H20N2O5. The molecule has 0 saturated carbocycles. The zero-order valence-electron chi connectivity index (χ0n) is 14.4. The minimum absolute atomic E-state index is 0.155. The topological polar surface area (TPSA) is 78.4 Å². The number of rotatable bonds is 8. The van der Waals surface area contributed by atoms with Crippen LogP contribution in [0.4, 0.5) is 0 Å². The Morgan fingerprint density at radius 3 is 2.81 bits per heavy atom. The van der Waals surface area contributed by atoms with Crippen LogP contribution in [0.15, 0.2) is 47.6 Å². The highest BCUT2D eigenvalue weighted by molar-refractivity contribution is 5.80. The molecule has 0 saturated heterocycles. The van der Waals surface area contributed by atoms with E-state index in [9.17, 15) is 4.79 Å². The fraction of sp³-hybridized carbons (Fsp3) is 0.263. The van der Waals surface area contributed by atoms with E-state index in [1.807, 2.05) is 49.4 Å². The van der Waals surface area contributed by atoms with Crippen molar-refractivity contribution in [1.82, 2.24) is 5.32 Å². The van der Waals surface area contributed by atoms with Gasteiger partial charge in [-0.1, -0.05) is 11.2 Å². The summed E-state index contributed by atoms with van der Waals surface area (Å²) in [6.45, 7) is 3.00. The summed E-state index contributed by atoms with van der Waals surface area (Å²) >= 11 is 0. The van der Waals surface area contributed by atoms with E-state index < -0.39 is 0 Å². The van der Waals surface area contributed by atoms with E-state index in [4.69, 9.17) is 19.0 Å². The Hall–Kier alpha value is -3.22. The molecule has 0 aliphatic carbocycles. The highest BCUT2D eigenvalue weighted by Crippen LogP contribution is 2.32. The lowest BCUT2D eigenvalue weighted by atomic mass is 10.2. The molecule has 7 heteroatoms. The highest BCUT2D eigenvalue weighted by atomic mass is 16.7. The molecule has 2 aromatic carbocycles. The number of carbonyl (C=O) groups excluding carboxylic acids is 1. The van der Waals surface area contributed by atoms with Crippen LogP contribution < -0.4 is 19.5 Å². The molecule has 136 valence electrons. The molecule has 0 fully saturated rings. The van der Waals surface area contributed by atoms with E-state index in [-0.39, 0.29) is 19.3 Å². The number of benzene rings is 2. The second-order valence-corrected chi connectivity index (χ2v) is 5.47. The van der Waals surface area contributed by atoms with Crippen LogP contribution in [0, 0.1) is 0 Å². The highest BCUT2D eigenvalue weighted by Gasteiger charge is 2.13. The van der Waals surface area contributed by atoms with Gasteiger partial charge >= 0.3 is 0 Å². The van der Waals surface area contributed by atoms with Crippen LogP contribution >= 0.6 is 0 Å². The predicted octanol–water partition coefficient (Wildman–Crippen LogP) is 2.48. The molecule has 2 aromatic rings. The van der Waals surface area contributed by atoms with Gasteiger partial charge in [0.2, 0.25) is 6.79 Å². The van der Waals surface area contributed by atoms with Gasteiger partial charge in [0.1, 0.15) is 5.75 Å². The molecule has 1 heterocycles. The largest absolute Gasteiger partial charge is 0.494 e. The van der Waals surface area contributed by atoms with Crippen molar-refractivity contribution < 1.29 is 23.8 Å². The third kappa shape index (κ3) is 4.89. The summed E-state index contributed by atoms with van der Waals surface area (Å²) < 4.78 is 15.9. The molecular weight excluding hydrogens is 336 g/mol. The molecule has 0 atom stereocenters. The number of fused-ring (bicyclic) bond motifs is 1. The van der Waals surface area contributed by atoms with Gasteiger partial charge in [-0.15, -0.1) is 0 Å². The summed E-state index contributed by atoms with van der Waals surface area (Å²) in [7, 11) is 0. The zero-order valence-corrected chi connectivity index (χ0v) is 14.4. The van der Waals surface area contributed by atoms with E-state index in [0.29, 0.717) is 24.7 Å². The molecule has 26 heavy (non-hydrogen) atoms. The molecule has 0 radical (unpaired) electrons. The van der Waals surface area contributed by atoms with Crippen molar-refractivity contribution >= 4 is 12.1 Å². The van der Waals surface area contributed by atoms with Crippen molar-refractivity contribution in [1.29, 1.82) is 0 Å². The van der Waals surface area contributed by atoms with Crippen molar-refractivity contribution in [2.45, 2.75) is 13.5 Å². The summed E-state index contributed by atoms with van der Waals surface area (Å²) in [5.41, 5.74) is 1.77. The third-order valence-electron chi connectivity index (χ3n) is 3.59. The van der Waals surface area contributed by atoms with Gasteiger partial charge < -0.3 is 24.4 Å².